The molecule has 0 amide bonds. The molecule has 0 fully saturated rings. The molecule has 126 valence electrons. The molecule has 2 aromatic rings. The predicted octanol–water partition coefficient (Wildman–Crippen LogP) is 6.97. The second-order valence-corrected chi connectivity index (χ2v) is 9.77. The maximum Gasteiger partial charge on any atom is 0.0894 e. The van der Waals surface area contributed by atoms with E-state index in [0.717, 1.165) is 8.39 Å². The Morgan fingerprint density at radius 1 is 0.583 bits per heavy atom. The van der Waals surface area contributed by atoms with E-state index in [1.807, 2.05) is 0 Å². The lowest BCUT2D eigenvalue weighted by atomic mass is 10.0. The molecule has 0 aromatic heterocycles. The van der Waals surface area contributed by atoms with Gasteiger partial charge in [-0.05, 0) is 85.4 Å². The number of hydrogen-bond donors (Lipinski definition) is 0. The molecule has 0 heterocycles. The van der Waals surface area contributed by atoms with Crippen molar-refractivity contribution in [3.63, 3.8) is 0 Å². The van der Waals surface area contributed by atoms with Gasteiger partial charge in [0.1, 0.15) is 0 Å². The van der Waals surface area contributed by atoms with E-state index < -0.39 is 0 Å². The lowest BCUT2D eigenvalue weighted by Gasteiger charge is -2.14. The smallest absolute Gasteiger partial charge is 0.0709 e. The van der Waals surface area contributed by atoms with Crippen molar-refractivity contribution in [3.8, 4) is 0 Å². The first-order chi connectivity index (χ1) is 11.2. The summed E-state index contributed by atoms with van der Waals surface area (Å²) in [7, 11) is 3.19. The Morgan fingerprint density at radius 2 is 0.833 bits per heavy atom. The summed E-state index contributed by atoms with van der Waals surface area (Å²) in [5.74, 6) is 0. The molecule has 0 bridgehead atoms. The second-order valence-electron chi connectivity index (χ2n) is 6.29. The first-order valence-corrected chi connectivity index (χ1v) is 10.8. The topological polar surface area (TPSA) is 0 Å². The maximum atomic E-state index is 5.68. The highest BCUT2D eigenvalue weighted by Crippen LogP contribution is 2.35. The minimum Gasteiger partial charge on any atom is -0.0709 e. The average Bonchev–Trinajstić information content (AvgIpc) is 2.42. The minimum atomic E-state index is 0.903. The SMILES string of the molecule is Cc1cc(C)c(C(=S)SSC(=S)c2c(C)cc(C)cc2C)c(C)c1. The van der Waals surface area contributed by atoms with E-state index in [1.165, 1.54) is 44.5 Å². The van der Waals surface area contributed by atoms with E-state index in [0.29, 0.717) is 0 Å². The van der Waals surface area contributed by atoms with Gasteiger partial charge in [-0.2, -0.15) is 0 Å². The summed E-state index contributed by atoms with van der Waals surface area (Å²) in [6, 6.07) is 8.75. The van der Waals surface area contributed by atoms with Crippen LogP contribution in [0.1, 0.15) is 44.5 Å². The van der Waals surface area contributed by atoms with Crippen LogP contribution in [0.15, 0.2) is 24.3 Å². The summed E-state index contributed by atoms with van der Waals surface area (Å²) in [6.07, 6.45) is 0. The van der Waals surface area contributed by atoms with Gasteiger partial charge in [0.2, 0.25) is 0 Å². The van der Waals surface area contributed by atoms with Crippen molar-refractivity contribution in [2.24, 2.45) is 0 Å². The number of thiocarbonyl (C=S) groups is 2. The van der Waals surface area contributed by atoms with Gasteiger partial charge in [-0.1, -0.05) is 59.8 Å². The van der Waals surface area contributed by atoms with Crippen LogP contribution in [-0.4, -0.2) is 8.39 Å². The molecule has 0 N–H and O–H groups in total. The Balaban J connectivity index is 2.17. The molecular weight excluding hydrogens is 368 g/mol. The zero-order chi connectivity index (χ0) is 18.0. The molecule has 0 nitrogen and oxygen atoms in total. The fourth-order valence-corrected chi connectivity index (χ4v) is 6.34. The van der Waals surface area contributed by atoms with Crippen LogP contribution < -0.4 is 0 Å². The standard InChI is InChI=1S/C20H22S4/c1-11-7-13(3)17(14(4)8-11)19(21)23-24-20(22)18-15(5)9-12(2)10-16(18)6/h7-10H,1-6H3. The molecule has 0 aliphatic carbocycles. The normalized spacial score (nSPS) is 10.8. The molecule has 2 aromatic carbocycles. The summed E-state index contributed by atoms with van der Waals surface area (Å²) in [4.78, 5) is 0. The first kappa shape index (κ1) is 19.6. The third-order valence-corrected chi connectivity index (χ3v) is 7.54. The quantitative estimate of drug-likeness (QED) is 0.401. The molecule has 0 saturated carbocycles. The van der Waals surface area contributed by atoms with Gasteiger partial charge < -0.3 is 0 Å². The minimum absolute atomic E-state index is 0.903. The largest absolute Gasteiger partial charge is 0.0894 e. The van der Waals surface area contributed by atoms with Crippen LogP contribution in [0.25, 0.3) is 0 Å². The molecule has 0 aliphatic heterocycles. The number of hydrogen-bond acceptors (Lipinski definition) is 4. The van der Waals surface area contributed by atoms with Gasteiger partial charge in [0.25, 0.3) is 0 Å². The van der Waals surface area contributed by atoms with Crippen molar-refractivity contribution >= 4 is 54.4 Å². The molecule has 0 unspecified atom stereocenters. The van der Waals surface area contributed by atoms with Crippen LogP contribution in [0.4, 0.5) is 0 Å². The van der Waals surface area contributed by atoms with Crippen molar-refractivity contribution in [3.05, 3.63) is 68.8 Å². The summed E-state index contributed by atoms with van der Waals surface area (Å²) in [5, 5.41) is 0. The Kier molecular flexibility index (Phi) is 6.66. The molecule has 0 spiro atoms. The monoisotopic (exact) mass is 390 g/mol. The summed E-state index contributed by atoms with van der Waals surface area (Å²) in [6.45, 7) is 12.7. The van der Waals surface area contributed by atoms with Gasteiger partial charge in [0.15, 0.2) is 0 Å². The zero-order valence-electron chi connectivity index (χ0n) is 14.9. The van der Waals surface area contributed by atoms with Crippen LogP contribution in [0.5, 0.6) is 0 Å². The van der Waals surface area contributed by atoms with Crippen molar-refractivity contribution in [1.82, 2.24) is 0 Å². The fraction of sp³-hybridized carbons (Fsp3) is 0.300. The third kappa shape index (κ3) is 4.48. The second kappa shape index (κ2) is 8.13. The summed E-state index contributed by atoms with van der Waals surface area (Å²) >= 11 is 11.4. The lowest BCUT2D eigenvalue weighted by molar-refractivity contribution is 1.31. The Bertz CT molecular complexity index is 703. The van der Waals surface area contributed by atoms with Crippen LogP contribution in [-0.2, 0) is 0 Å². The summed E-state index contributed by atoms with van der Waals surface area (Å²) < 4.78 is 1.81. The van der Waals surface area contributed by atoms with Gasteiger partial charge in [-0.25, -0.2) is 0 Å². The van der Waals surface area contributed by atoms with E-state index in [2.05, 4.69) is 65.8 Å². The first-order valence-electron chi connectivity index (χ1n) is 7.79. The van der Waals surface area contributed by atoms with Gasteiger partial charge in [0, 0.05) is 11.1 Å². The van der Waals surface area contributed by atoms with Crippen LogP contribution in [0.3, 0.4) is 0 Å². The zero-order valence-corrected chi connectivity index (χ0v) is 18.2. The van der Waals surface area contributed by atoms with Gasteiger partial charge >= 0.3 is 0 Å². The molecule has 2 rings (SSSR count). The van der Waals surface area contributed by atoms with Gasteiger partial charge in [0.05, 0.1) is 8.39 Å². The third-order valence-electron chi connectivity index (χ3n) is 3.96. The van der Waals surface area contributed by atoms with Crippen LogP contribution in [0.2, 0.25) is 0 Å². The van der Waals surface area contributed by atoms with E-state index in [1.54, 1.807) is 21.6 Å². The van der Waals surface area contributed by atoms with Crippen LogP contribution in [0, 0.1) is 41.5 Å². The molecule has 0 radical (unpaired) electrons. The lowest BCUT2D eigenvalue weighted by Crippen LogP contribution is -2.02. The molecule has 0 atom stereocenters. The van der Waals surface area contributed by atoms with Crippen molar-refractivity contribution in [1.29, 1.82) is 0 Å². The van der Waals surface area contributed by atoms with E-state index in [-0.39, 0.29) is 0 Å². The van der Waals surface area contributed by atoms with Gasteiger partial charge in [-0.15, -0.1) is 0 Å². The highest BCUT2D eigenvalue weighted by Gasteiger charge is 2.14. The highest BCUT2D eigenvalue weighted by molar-refractivity contribution is 8.90. The fourth-order valence-electron chi connectivity index (χ4n) is 3.16. The molecule has 0 aliphatic rings. The van der Waals surface area contributed by atoms with E-state index in [9.17, 15) is 0 Å². The molecule has 24 heavy (non-hydrogen) atoms. The van der Waals surface area contributed by atoms with Gasteiger partial charge in [-0.3, -0.25) is 0 Å². The predicted molar refractivity (Wildman–Crippen MR) is 120 cm³/mol. The average molecular weight is 391 g/mol. The van der Waals surface area contributed by atoms with Crippen molar-refractivity contribution in [2.75, 3.05) is 0 Å². The Morgan fingerprint density at radius 3 is 1.08 bits per heavy atom. The number of rotatable bonds is 2. The Hall–Kier alpha value is -0.680. The van der Waals surface area contributed by atoms with E-state index in [4.69, 9.17) is 24.4 Å². The molecule has 4 heteroatoms. The maximum absolute atomic E-state index is 5.68. The summed E-state index contributed by atoms with van der Waals surface area (Å²) in [5.41, 5.74) is 9.84. The van der Waals surface area contributed by atoms with Crippen molar-refractivity contribution < 1.29 is 0 Å². The molecular formula is C20H22S4. The van der Waals surface area contributed by atoms with Crippen molar-refractivity contribution in [2.45, 2.75) is 41.5 Å². The number of aryl methyl sites for hydroxylation is 6. The molecule has 0 saturated heterocycles. The Labute approximate surface area is 164 Å². The number of benzene rings is 2. The van der Waals surface area contributed by atoms with E-state index >= 15 is 0 Å². The van der Waals surface area contributed by atoms with Crippen LogP contribution >= 0.6 is 46.0 Å². The highest BCUT2D eigenvalue weighted by atomic mass is 33.1.